The van der Waals surface area contributed by atoms with Crippen LogP contribution in [-0.2, 0) is 10.0 Å². The maximum atomic E-state index is 12.4. The van der Waals surface area contributed by atoms with Crippen molar-refractivity contribution in [3.8, 4) is 0 Å². The summed E-state index contributed by atoms with van der Waals surface area (Å²) in [5, 5.41) is 6.38. The first-order chi connectivity index (χ1) is 8.43. The zero-order valence-electron chi connectivity index (χ0n) is 10.5. The number of anilines is 1. The predicted octanol–water partition coefficient (Wildman–Crippen LogP) is 1.85. The van der Waals surface area contributed by atoms with Crippen LogP contribution < -0.4 is 4.31 Å². The smallest absolute Gasteiger partial charge is 0.267 e. The van der Waals surface area contributed by atoms with Crippen LogP contribution in [0.5, 0.6) is 0 Å². The summed E-state index contributed by atoms with van der Waals surface area (Å²) >= 11 is 0. The van der Waals surface area contributed by atoms with Gasteiger partial charge in [0.2, 0.25) is 0 Å². The first-order valence-electron chi connectivity index (χ1n) is 5.48. The largest absolute Gasteiger partial charge is 0.281 e. The lowest BCUT2D eigenvalue weighted by molar-refractivity contribution is 0.594. The highest BCUT2D eigenvalue weighted by Gasteiger charge is 2.24. The van der Waals surface area contributed by atoms with Gasteiger partial charge in [-0.15, -0.1) is 0 Å². The van der Waals surface area contributed by atoms with E-state index in [9.17, 15) is 8.42 Å². The van der Waals surface area contributed by atoms with Crippen LogP contribution in [0.1, 0.15) is 11.3 Å². The van der Waals surface area contributed by atoms with E-state index in [1.165, 1.54) is 17.5 Å². The summed E-state index contributed by atoms with van der Waals surface area (Å²) in [6.45, 7) is 3.64. The maximum absolute atomic E-state index is 12.4. The molecule has 6 heteroatoms. The fourth-order valence-corrected chi connectivity index (χ4v) is 2.95. The Morgan fingerprint density at radius 3 is 2.28 bits per heavy atom. The summed E-state index contributed by atoms with van der Waals surface area (Å²) in [6, 6.07) is 7.32. The van der Waals surface area contributed by atoms with Crippen molar-refractivity contribution in [3.63, 3.8) is 0 Å². The maximum Gasteiger partial charge on any atom is 0.267 e. The topological polar surface area (TPSA) is 66.1 Å². The van der Waals surface area contributed by atoms with E-state index >= 15 is 0 Å². The number of rotatable bonds is 3. The zero-order chi connectivity index (χ0) is 13.3. The third-order valence-electron chi connectivity index (χ3n) is 2.82. The van der Waals surface area contributed by atoms with Gasteiger partial charge >= 0.3 is 0 Å². The Morgan fingerprint density at radius 1 is 1.17 bits per heavy atom. The summed E-state index contributed by atoms with van der Waals surface area (Å²) in [4.78, 5) is 0.200. The lowest BCUT2D eigenvalue weighted by Crippen LogP contribution is -2.26. The van der Waals surface area contributed by atoms with Crippen molar-refractivity contribution in [2.45, 2.75) is 18.7 Å². The molecule has 0 radical (unpaired) electrons. The van der Waals surface area contributed by atoms with Gasteiger partial charge in [-0.25, -0.2) is 8.42 Å². The van der Waals surface area contributed by atoms with Gasteiger partial charge in [-0.1, -0.05) is 17.7 Å². The number of nitrogens with zero attached hydrogens (tertiary/aromatic N) is 2. The molecule has 1 aromatic carbocycles. The van der Waals surface area contributed by atoms with Gasteiger partial charge in [0.05, 0.1) is 17.6 Å². The number of aryl methyl sites for hydroxylation is 2. The Kier molecular flexibility index (Phi) is 3.13. The van der Waals surface area contributed by atoms with Crippen molar-refractivity contribution in [2.24, 2.45) is 0 Å². The number of aromatic amines is 1. The highest BCUT2D eigenvalue weighted by atomic mass is 32.2. The molecule has 0 atom stereocenters. The Hall–Kier alpha value is -1.82. The van der Waals surface area contributed by atoms with Crippen molar-refractivity contribution < 1.29 is 8.42 Å². The van der Waals surface area contributed by atoms with Gasteiger partial charge in [0.25, 0.3) is 10.0 Å². The van der Waals surface area contributed by atoms with E-state index in [1.54, 1.807) is 19.1 Å². The van der Waals surface area contributed by atoms with Crippen LogP contribution in [0.25, 0.3) is 0 Å². The molecule has 0 saturated carbocycles. The quantitative estimate of drug-likeness (QED) is 0.921. The van der Waals surface area contributed by atoms with E-state index in [1.807, 2.05) is 19.1 Å². The SMILES string of the molecule is Cc1ccc(N(C)S(=O)(=O)c2cn[nH]c2C)cc1. The zero-order valence-corrected chi connectivity index (χ0v) is 11.3. The predicted molar refractivity (Wildman–Crippen MR) is 70.1 cm³/mol. The van der Waals surface area contributed by atoms with Gasteiger partial charge in [-0.3, -0.25) is 9.40 Å². The van der Waals surface area contributed by atoms with Gasteiger partial charge in [0, 0.05) is 7.05 Å². The molecule has 1 N–H and O–H groups in total. The molecule has 0 unspecified atom stereocenters. The molecule has 0 spiro atoms. The Balaban J connectivity index is 2.42. The molecule has 96 valence electrons. The van der Waals surface area contributed by atoms with E-state index in [0.29, 0.717) is 11.4 Å². The summed E-state index contributed by atoms with van der Waals surface area (Å²) < 4.78 is 26.0. The molecule has 5 nitrogen and oxygen atoms in total. The van der Waals surface area contributed by atoms with E-state index < -0.39 is 10.0 Å². The van der Waals surface area contributed by atoms with Crippen molar-refractivity contribution in [3.05, 3.63) is 41.7 Å². The summed E-state index contributed by atoms with van der Waals surface area (Å²) in [7, 11) is -2.02. The van der Waals surface area contributed by atoms with Gasteiger partial charge < -0.3 is 0 Å². The number of hydrogen-bond donors (Lipinski definition) is 1. The molecular formula is C12H15N3O2S. The second kappa shape index (κ2) is 4.45. The number of hydrogen-bond acceptors (Lipinski definition) is 3. The highest BCUT2D eigenvalue weighted by molar-refractivity contribution is 7.92. The van der Waals surface area contributed by atoms with Crippen molar-refractivity contribution in [2.75, 3.05) is 11.4 Å². The lowest BCUT2D eigenvalue weighted by Gasteiger charge is -2.19. The number of sulfonamides is 1. The number of nitrogens with one attached hydrogen (secondary N) is 1. The van der Waals surface area contributed by atoms with E-state index in [4.69, 9.17) is 0 Å². The van der Waals surface area contributed by atoms with Crippen LogP contribution in [0.15, 0.2) is 35.4 Å². The minimum Gasteiger partial charge on any atom is -0.281 e. The second-order valence-corrected chi connectivity index (χ2v) is 6.11. The first-order valence-corrected chi connectivity index (χ1v) is 6.92. The molecule has 0 saturated heterocycles. The number of aromatic nitrogens is 2. The first kappa shape index (κ1) is 12.6. The van der Waals surface area contributed by atoms with Crippen molar-refractivity contribution in [1.29, 1.82) is 0 Å². The lowest BCUT2D eigenvalue weighted by atomic mass is 10.2. The number of H-pyrrole nitrogens is 1. The fraction of sp³-hybridized carbons (Fsp3) is 0.250. The Bertz CT molecular complexity index is 644. The van der Waals surface area contributed by atoms with Crippen LogP contribution in [0, 0.1) is 13.8 Å². The molecule has 0 aliphatic rings. The van der Waals surface area contributed by atoms with Crippen molar-refractivity contribution in [1.82, 2.24) is 10.2 Å². The average Bonchev–Trinajstić information content (AvgIpc) is 2.76. The molecule has 18 heavy (non-hydrogen) atoms. The minimum atomic E-state index is -3.55. The normalized spacial score (nSPS) is 11.5. The van der Waals surface area contributed by atoms with Gasteiger partial charge in [0.1, 0.15) is 4.90 Å². The molecule has 0 fully saturated rings. The van der Waals surface area contributed by atoms with E-state index in [0.717, 1.165) is 5.56 Å². The minimum absolute atomic E-state index is 0.200. The molecule has 1 aromatic heterocycles. The van der Waals surface area contributed by atoms with Gasteiger partial charge in [0.15, 0.2) is 0 Å². The molecular weight excluding hydrogens is 250 g/mol. The van der Waals surface area contributed by atoms with Crippen LogP contribution in [-0.4, -0.2) is 25.7 Å². The molecule has 2 aromatic rings. The van der Waals surface area contributed by atoms with Crippen molar-refractivity contribution >= 4 is 15.7 Å². The summed E-state index contributed by atoms with van der Waals surface area (Å²) in [5.74, 6) is 0. The Morgan fingerprint density at radius 2 is 1.78 bits per heavy atom. The molecule has 2 rings (SSSR count). The van der Waals surface area contributed by atoms with E-state index in [-0.39, 0.29) is 4.90 Å². The Labute approximate surface area is 107 Å². The highest BCUT2D eigenvalue weighted by Crippen LogP contribution is 2.23. The van der Waals surface area contributed by atoms with Crippen LogP contribution in [0.2, 0.25) is 0 Å². The summed E-state index contributed by atoms with van der Waals surface area (Å²) in [5.41, 5.74) is 2.25. The monoisotopic (exact) mass is 265 g/mol. The standard InChI is InChI=1S/C12H15N3O2S/c1-9-4-6-11(7-5-9)15(3)18(16,17)12-8-13-14-10(12)2/h4-8H,1-3H3,(H,13,14). The summed E-state index contributed by atoms with van der Waals surface area (Å²) in [6.07, 6.45) is 1.33. The fourth-order valence-electron chi connectivity index (χ4n) is 1.64. The second-order valence-electron chi connectivity index (χ2n) is 4.17. The molecule has 0 amide bonds. The van der Waals surface area contributed by atoms with Gasteiger partial charge in [-0.05, 0) is 26.0 Å². The molecule has 0 bridgehead atoms. The number of benzene rings is 1. The van der Waals surface area contributed by atoms with Crippen LogP contribution in [0.4, 0.5) is 5.69 Å². The third kappa shape index (κ3) is 2.11. The third-order valence-corrected chi connectivity index (χ3v) is 4.72. The van der Waals surface area contributed by atoms with E-state index in [2.05, 4.69) is 10.2 Å². The van der Waals surface area contributed by atoms with Gasteiger partial charge in [-0.2, -0.15) is 5.10 Å². The molecule has 1 heterocycles. The average molecular weight is 265 g/mol. The van der Waals surface area contributed by atoms with Crippen LogP contribution in [0.3, 0.4) is 0 Å². The van der Waals surface area contributed by atoms with Crippen LogP contribution >= 0.6 is 0 Å². The molecule has 0 aliphatic carbocycles. The molecule has 0 aliphatic heterocycles.